The summed E-state index contributed by atoms with van der Waals surface area (Å²) in [5, 5.41) is 3.04. The monoisotopic (exact) mass is 512 g/mol. The van der Waals surface area contributed by atoms with Gasteiger partial charge in [-0.25, -0.2) is 9.18 Å². The Labute approximate surface area is 211 Å². The number of nitrogens with zero attached hydrogens (tertiary/aromatic N) is 2. The second-order valence-electron chi connectivity index (χ2n) is 8.54. The number of anilines is 1. The Balaban J connectivity index is 1.24. The van der Waals surface area contributed by atoms with Crippen LogP contribution in [0.15, 0.2) is 42.5 Å². The lowest BCUT2D eigenvalue weighted by Crippen LogP contribution is -2.41. The smallest absolute Gasteiger partial charge is 0.416 e. The van der Waals surface area contributed by atoms with Crippen LogP contribution in [0.2, 0.25) is 0 Å². The van der Waals surface area contributed by atoms with Gasteiger partial charge in [0.2, 0.25) is 5.88 Å². The van der Waals surface area contributed by atoms with Crippen LogP contribution >= 0.6 is 11.3 Å². The lowest BCUT2D eigenvalue weighted by atomic mass is 10.1. The molecule has 2 heterocycles. The van der Waals surface area contributed by atoms with Gasteiger partial charge in [0, 0.05) is 25.2 Å². The van der Waals surface area contributed by atoms with Crippen molar-refractivity contribution in [3.8, 4) is 27.8 Å². The summed E-state index contributed by atoms with van der Waals surface area (Å²) in [4.78, 5) is 32.0. The quantitative estimate of drug-likeness (QED) is 0.470. The largest absolute Gasteiger partial charge is 0.486 e. The number of hydrogen-bond acceptors (Lipinski definition) is 8. The number of amides is 2. The number of fused-ring (bicyclic) bond motifs is 1. The molecule has 2 aromatic carbocycles. The Kier molecular flexibility index (Phi) is 6.90. The van der Waals surface area contributed by atoms with Gasteiger partial charge in [-0.2, -0.15) is 4.98 Å². The molecule has 3 N–H and O–H groups in total. The van der Waals surface area contributed by atoms with E-state index in [-0.39, 0.29) is 30.0 Å². The summed E-state index contributed by atoms with van der Waals surface area (Å²) in [7, 11) is 0. The van der Waals surface area contributed by atoms with E-state index in [1.807, 2.05) is 0 Å². The Morgan fingerprint density at radius 2 is 2.00 bits per heavy atom. The van der Waals surface area contributed by atoms with E-state index in [4.69, 9.17) is 19.9 Å². The van der Waals surface area contributed by atoms with Crippen LogP contribution in [-0.4, -0.2) is 54.7 Å². The second-order valence-corrected chi connectivity index (χ2v) is 9.57. The SMILES string of the molecule is Nc1nc(OC(=O)N(CCNC(=O)c2cccc3c2OCCO3)CC2CC2)c(-c2cccc(F)c2)s1. The summed E-state index contributed by atoms with van der Waals surface area (Å²) in [6.45, 7) is 1.75. The predicted molar refractivity (Wildman–Crippen MR) is 132 cm³/mol. The van der Waals surface area contributed by atoms with E-state index >= 15 is 0 Å². The fourth-order valence-electron chi connectivity index (χ4n) is 3.87. The first kappa shape index (κ1) is 23.9. The highest BCUT2D eigenvalue weighted by Crippen LogP contribution is 2.38. The molecule has 2 aliphatic rings. The Morgan fingerprint density at radius 1 is 1.19 bits per heavy atom. The van der Waals surface area contributed by atoms with E-state index in [0.29, 0.717) is 53.2 Å². The molecule has 0 unspecified atom stereocenters. The van der Waals surface area contributed by atoms with E-state index in [2.05, 4.69) is 10.3 Å². The van der Waals surface area contributed by atoms with E-state index in [0.717, 1.165) is 24.2 Å². The molecule has 0 spiro atoms. The van der Waals surface area contributed by atoms with Crippen LogP contribution in [0.25, 0.3) is 10.4 Å². The van der Waals surface area contributed by atoms with E-state index < -0.39 is 11.9 Å². The Bertz CT molecular complexity index is 1280. The highest BCUT2D eigenvalue weighted by Gasteiger charge is 2.29. The van der Waals surface area contributed by atoms with Crippen molar-refractivity contribution in [1.82, 2.24) is 15.2 Å². The number of benzene rings is 2. The van der Waals surface area contributed by atoms with Gasteiger partial charge in [0.05, 0.1) is 5.56 Å². The molecule has 188 valence electrons. The molecule has 2 amide bonds. The standard InChI is InChI=1S/C25H25FN4O5S/c26-17-4-1-3-16(13-17)21-23(29-24(27)36-21)35-25(32)30(14-15-7-8-15)10-9-28-22(31)18-5-2-6-19-20(18)34-12-11-33-19/h1-6,13,15H,7-12,14H2,(H2,27,29)(H,28,31). The van der Waals surface area contributed by atoms with Gasteiger partial charge in [-0.3, -0.25) is 4.79 Å². The fourth-order valence-corrected chi connectivity index (χ4v) is 4.63. The van der Waals surface area contributed by atoms with Crippen LogP contribution in [0, 0.1) is 11.7 Å². The molecule has 3 aromatic rings. The summed E-state index contributed by atoms with van der Waals surface area (Å²) < 4.78 is 30.5. The number of rotatable bonds is 8. The molecule has 1 aliphatic carbocycles. The number of nitrogen functional groups attached to an aromatic ring is 1. The Hall–Kier alpha value is -3.86. The molecule has 0 radical (unpaired) electrons. The third-order valence-electron chi connectivity index (χ3n) is 5.80. The highest BCUT2D eigenvalue weighted by atomic mass is 32.1. The van der Waals surface area contributed by atoms with Crippen molar-refractivity contribution in [2.45, 2.75) is 12.8 Å². The first-order valence-corrected chi connectivity index (χ1v) is 12.5. The number of hydrogen-bond donors (Lipinski definition) is 2. The van der Waals surface area contributed by atoms with Crippen LogP contribution in [0.5, 0.6) is 17.4 Å². The minimum absolute atomic E-state index is 0.0333. The van der Waals surface area contributed by atoms with Crippen molar-refractivity contribution in [2.75, 3.05) is 38.6 Å². The molecule has 1 aliphatic heterocycles. The van der Waals surface area contributed by atoms with Crippen LogP contribution in [-0.2, 0) is 0 Å². The third-order valence-corrected chi connectivity index (χ3v) is 6.71. The normalized spacial score (nSPS) is 14.2. The van der Waals surface area contributed by atoms with E-state index in [1.54, 1.807) is 35.2 Å². The first-order chi connectivity index (χ1) is 17.5. The minimum Gasteiger partial charge on any atom is -0.486 e. The molecule has 5 rings (SSSR count). The second kappa shape index (κ2) is 10.4. The van der Waals surface area contributed by atoms with Gasteiger partial charge in [0.25, 0.3) is 5.91 Å². The molecule has 11 heteroatoms. The number of carbonyl (C=O) groups excluding carboxylic acids is 2. The van der Waals surface area contributed by atoms with Crippen molar-refractivity contribution >= 4 is 28.5 Å². The van der Waals surface area contributed by atoms with Gasteiger partial charge >= 0.3 is 6.09 Å². The molecular weight excluding hydrogens is 487 g/mol. The fraction of sp³-hybridized carbons (Fsp3) is 0.320. The average Bonchev–Trinajstić information content (AvgIpc) is 3.62. The number of halogens is 1. The van der Waals surface area contributed by atoms with Crippen molar-refractivity contribution < 1.29 is 28.2 Å². The van der Waals surface area contributed by atoms with Gasteiger partial charge in [-0.1, -0.05) is 29.5 Å². The molecule has 0 saturated heterocycles. The molecule has 1 saturated carbocycles. The van der Waals surface area contributed by atoms with Crippen molar-refractivity contribution in [3.63, 3.8) is 0 Å². The number of aromatic nitrogens is 1. The zero-order valence-corrected chi connectivity index (χ0v) is 20.2. The first-order valence-electron chi connectivity index (χ1n) is 11.6. The van der Waals surface area contributed by atoms with E-state index in [9.17, 15) is 14.0 Å². The van der Waals surface area contributed by atoms with Gasteiger partial charge in [0.1, 0.15) is 23.9 Å². The van der Waals surface area contributed by atoms with Crippen molar-refractivity contribution in [3.05, 3.63) is 53.8 Å². The number of nitrogens with one attached hydrogen (secondary N) is 1. The Morgan fingerprint density at radius 3 is 2.81 bits per heavy atom. The maximum atomic E-state index is 13.7. The zero-order valence-electron chi connectivity index (χ0n) is 19.4. The summed E-state index contributed by atoms with van der Waals surface area (Å²) in [5.74, 6) is 0.636. The number of carbonyl (C=O) groups is 2. The van der Waals surface area contributed by atoms with Crippen LogP contribution in [0.3, 0.4) is 0 Å². The third kappa shape index (κ3) is 5.51. The van der Waals surface area contributed by atoms with Gasteiger partial charge in [-0.05, 0) is 43.0 Å². The molecule has 36 heavy (non-hydrogen) atoms. The maximum absolute atomic E-state index is 13.7. The lowest BCUT2D eigenvalue weighted by molar-refractivity contribution is 0.0933. The molecule has 1 fully saturated rings. The number of para-hydroxylation sites is 1. The topological polar surface area (TPSA) is 116 Å². The maximum Gasteiger partial charge on any atom is 0.416 e. The molecular formula is C25H25FN4O5S. The van der Waals surface area contributed by atoms with Gasteiger partial charge in [0.15, 0.2) is 16.6 Å². The lowest BCUT2D eigenvalue weighted by Gasteiger charge is -2.23. The molecule has 0 atom stereocenters. The van der Waals surface area contributed by atoms with Crippen LogP contribution in [0.1, 0.15) is 23.2 Å². The zero-order chi connectivity index (χ0) is 25.1. The minimum atomic E-state index is -0.604. The van der Waals surface area contributed by atoms with Crippen LogP contribution in [0.4, 0.5) is 14.3 Å². The number of thiazole rings is 1. The van der Waals surface area contributed by atoms with Crippen molar-refractivity contribution in [1.29, 1.82) is 0 Å². The molecule has 1 aromatic heterocycles. The van der Waals surface area contributed by atoms with Gasteiger partial charge < -0.3 is 30.2 Å². The number of nitrogens with two attached hydrogens (primary N) is 1. The molecule has 9 nitrogen and oxygen atoms in total. The van der Waals surface area contributed by atoms with Crippen molar-refractivity contribution in [2.24, 2.45) is 5.92 Å². The summed E-state index contributed by atoms with van der Waals surface area (Å²) in [6, 6.07) is 11.1. The van der Waals surface area contributed by atoms with Gasteiger partial charge in [-0.15, -0.1) is 0 Å². The summed E-state index contributed by atoms with van der Waals surface area (Å²) in [5.41, 5.74) is 6.75. The average molecular weight is 513 g/mol. The van der Waals surface area contributed by atoms with Crippen LogP contribution < -0.4 is 25.3 Å². The van der Waals surface area contributed by atoms with E-state index in [1.165, 1.54) is 12.1 Å². The predicted octanol–water partition coefficient (Wildman–Crippen LogP) is 3.94. The summed E-state index contributed by atoms with van der Waals surface area (Å²) in [6.07, 6.45) is 1.46. The summed E-state index contributed by atoms with van der Waals surface area (Å²) >= 11 is 1.11. The number of ether oxygens (including phenoxy) is 3. The highest BCUT2D eigenvalue weighted by molar-refractivity contribution is 7.19. The molecule has 0 bridgehead atoms.